The van der Waals surface area contributed by atoms with Gasteiger partial charge in [0.05, 0.1) is 6.10 Å². The van der Waals surface area contributed by atoms with Crippen LogP contribution < -0.4 is 10.1 Å². The summed E-state index contributed by atoms with van der Waals surface area (Å²) in [6.07, 6.45) is 2.41. The molecule has 0 bridgehead atoms. The second-order valence-electron chi connectivity index (χ2n) is 6.11. The van der Waals surface area contributed by atoms with E-state index in [-0.39, 0.29) is 6.10 Å². The van der Waals surface area contributed by atoms with Gasteiger partial charge in [-0.3, -0.25) is 0 Å². The van der Waals surface area contributed by atoms with Gasteiger partial charge < -0.3 is 10.1 Å². The third kappa shape index (κ3) is 5.49. The monoisotopic (exact) mass is 278 g/mol. The SMILES string of the molecule is CCCC(C)Oc1nc(C)cc(C)c1CNCC(C)C. The van der Waals surface area contributed by atoms with Gasteiger partial charge in [-0.15, -0.1) is 0 Å². The number of aromatic nitrogens is 1. The maximum atomic E-state index is 6.05. The van der Waals surface area contributed by atoms with E-state index in [1.807, 2.05) is 6.92 Å². The summed E-state index contributed by atoms with van der Waals surface area (Å²) in [7, 11) is 0. The zero-order valence-electron chi connectivity index (χ0n) is 13.9. The maximum absolute atomic E-state index is 6.05. The van der Waals surface area contributed by atoms with Gasteiger partial charge in [0.1, 0.15) is 0 Å². The Labute approximate surface area is 124 Å². The molecule has 0 aliphatic carbocycles. The second-order valence-corrected chi connectivity index (χ2v) is 6.11. The van der Waals surface area contributed by atoms with E-state index in [4.69, 9.17) is 4.74 Å². The molecule has 1 unspecified atom stereocenters. The first kappa shape index (κ1) is 17.0. The van der Waals surface area contributed by atoms with Crippen molar-refractivity contribution in [3.8, 4) is 5.88 Å². The van der Waals surface area contributed by atoms with Crippen molar-refractivity contribution in [2.75, 3.05) is 6.54 Å². The van der Waals surface area contributed by atoms with Gasteiger partial charge in [-0.1, -0.05) is 27.2 Å². The average molecular weight is 278 g/mol. The molecule has 1 rings (SSSR count). The Morgan fingerprint density at radius 1 is 1.25 bits per heavy atom. The molecule has 0 saturated heterocycles. The highest BCUT2D eigenvalue weighted by Crippen LogP contribution is 2.22. The first-order valence-corrected chi connectivity index (χ1v) is 7.78. The molecule has 0 spiro atoms. The fourth-order valence-corrected chi connectivity index (χ4v) is 2.28. The molecule has 3 heteroatoms. The van der Waals surface area contributed by atoms with Crippen LogP contribution in [0.5, 0.6) is 5.88 Å². The summed E-state index contributed by atoms with van der Waals surface area (Å²) in [5.41, 5.74) is 3.47. The lowest BCUT2D eigenvalue weighted by molar-refractivity contribution is 0.198. The van der Waals surface area contributed by atoms with Crippen LogP contribution in [-0.2, 0) is 6.54 Å². The van der Waals surface area contributed by atoms with Gasteiger partial charge in [0.2, 0.25) is 5.88 Å². The third-order valence-corrected chi connectivity index (χ3v) is 3.30. The van der Waals surface area contributed by atoms with Crippen molar-refractivity contribution in [3.63, 3.8) is 0 Å². The number of pyridine rings is 1. The largest absolute Gasteiger partial charge is 0.474 e. The molecule has 0 amide bonds. The topological polar surface area (TPSA) is 34.1 Å². The maximum Gasteiger partial charge on any atom is 0.218 e. The number of nitrogens with one attached hydrogen (secondary N) is 1. The van der Waals surface area contributed by atoms with Crippen molar-refractivity contribution >= 4 is 0 Å². The molecule has 3 nitrogen and oxygen atoms in total. The molecule has 0 saturated carbocycles. The molecular weight excluding hydrogens is 248 g/mol. The Bertz CT molecular complexity index is 416. The number of nitrogens with zero attached hydrogens (tertiary/aromatic N) is 1. The fraction of sp³-hybridized carbons (Fsp3) is 0.706. The highest BCUT2D eigenvalue weighted by atomic mass is 16.5. The summed E-state index contributed by atoms with van der Waals surface area (Å²) in [5.74, 6) is 1.46. The van der Waals surface area contributed by atoms with Crippen LogP contribution in [0.3, 0.4) is 0 Å². The summed E-state index contributed by atoms with van der Waals surface area (Å²) >= 11 is 0. The molecule has 20 heavy (non-hydrogen) atoms. The number of aryl methyl sites for hydroxylation is 2. The average Bonchev–Trinajstić information content (AvgIpc) is 2.32. The van der Waals surface area contributed by atoms with Crippen LogP contribution >= 0.6 is 0 Å². The first-order chi connectivity index (χ1) is 9.43. The molecule has 1 atom stereocenters. The van der Waals surface area contributed by atoms with E-state index in [0.29, 0.717) is 5.92 Å². The van der Waals surface area contributed by atoms with Crippen molar-refractivity contribution in [1.29, 1.82) is 0 Å². The lowest BCUT2D eigenvalue weighted by atomic mass is 10.1. The summed E-state index contributed by atoms with van der Waals surface area (Å²) in [6, 6.07) is 2.13. The van der Waals surface area contributed by atoms with Gasteiger partial charge in [-0.05, 0) is 51.3 Å². The Morgan fingerprint density at radius 3 is 2.55 bits per heavy atom. The predicted octanol–water partition coefficient (Wildman–Crippen LogP) is 4.01. The summed E-state index contributed by atoms with van der Waals surface area (Å²) < 4.78 is 6.05. The Kier molecular flexibility index (Phi) is 7.00. The zero-order valence-corrected chi connectivity index (χ0v) is 13.9. The number of rotatable bonds is 8. The summed E-state index contributed by atoms with van der Waals surface area (Å²) in [6.45, 7) is 14.7. The van der Waals surface area contributed by atoms with Gasteiger partial charge >= 0.3 is 0 Å². The first-order valence-electron chi connectivity index (χ1n) is 7.78. The molecule has 0 aromatic carbocycles. The standard InChI is InChI=1S/C17H30N2O/c1-7-8-15(6)20-17-16(11-18-10-12(2)3)13(4)9-14(5)19-17/h9,12,15,18H,7-8,10-11H2,1-6H3. The highest BCUT2D eigenvalue weighted by Gasteiger charge is 2.13. The summed E-state index contributed by atoms with van der Waals surface area (Å²) in [4.78, 5) is 4.59. The van der Waals surface area contributed by atoms with Crippen molar-refractivity contribution in [2.24, 2.45) is 5.92 Å². The molecule has 1 N–H and O–H groups in total. The molecule has 1 aromatic heterocycles. The zero-order chi connectivity index (χ0) is 15.1. The van der Waals surface area contributed by atoms with Crippen LogP contribution in [0.4, 0.5) is 0 Å². The smallest absolute Gasteiger partial charge is 0.218 e. The number of hydrogen-bond acceptors (Lipinski definition) is 3. The van der Waals surface area contributed by atoms with Crippen molar-refractivity contribution in [3.05, 3.63) is 22.9 Å². The molecule has 0 aliphatic heterocycles. The normalized spacial score (nSPS) is 12.8. The minimum Gasteiger partial charge on any atom is -0.474 e. The van der Waals surface area contributed by atoms with Crippen LogP contribution in [-0.4, -0.2) is 17.6 Å². The molecular formula is C17H30N2O. The molecule has 0 fully saturated rings. The van der Waals surface area contributed by atoms with E-state index >= 15 is 0 Å². The second kappa shape index (κ2) is 8.25. The van der Waals surface area contributed by atoms with Crippen molar-refractivity contribution in [1.82, 2.24) is 10.3 Å². The number of ether oxygens (including phenoxy) is 1. The Balaban J connectivity index is 2.84. The van der Waals surface area contributed by atoms with Gasteiger partial charge in [0.25, 0.3) is 0 Å². The van der Waals surface area contributed by atoms with E-state index in [2.05, 4.69) is 51.0 Å². The molecule has 0 radical (unpaired) electrons. The Morgan fingerprint density at radius 2 is 1.95 bits per heavy atom. The third-order valence-electron chi connectivity index (χ3n) is 3.30. The Hall–Kier alpha value is -1.09. The van der Waals surface area contributed by atoms with Gasteiger partial charge in [0, 0.05) is 17.8 Å². The van der Waals surface area contributed by atoms with Crippen molar-refractivity contribution < 1.29 is 4.74 Å². The molecule has 114 valence electrons. The highest BCUT2D eigenvalue weighted by molar-refractivity contribution is 5.36. The van der Waals surface area contributed by atoms with Gasteiger partial charge in [-0.25, -0.2) is 4.98 Å². The number of hydrogen-bond donors (Lipinski definition) is 1. The minimum absolute atomic E-state index is 0.220. The fourth-order valence-electron chi connectivity index (χ4n) is 2.28. The van der Waals surface area contributed by atoms with E-state index in [0.717, 1.165) is 37.5 Å². The van der Waals surface area contributed by atoms with Gasteiger partial charge in [-0.2, -0.15) is 0 Å². The molecule has 1 aromatic rings. The minimum atomic E-state index is 0.220. The van der Waals surface area contributed by atoms with Crippen LogP contribution in [0.2, 0.25) is 0 Å². The van der Waals surface area contributed by atoms with Crippen LogP contribution in [0, 0.1) is 19.8 Å². The molecule has 1 heterocycles. The van der Waals surface area contributed by atoms with E-state index in [9.17, 15) is 0 Å². The predicted molar refractivity (Wildman–Crippen MR) is 85.3 cm³/mol. The van der Waals surface area contributed by atoms with E-state index in [1.165, 1.54) is 11.1 Å². The van der Waals surface area contributed by atoms with Gasteiger partial charge in [0.15, 0.2) is 0 Å². The van der Waals surface area contributed by atoms with Crippen LogP contribution in [0.1, 0.15) is 57.4 Å². The molecule has 0 aliphatic rings. The van der Waals surface area contributed by atoms with Crippen LogP contribution in [0.25, 0.3) is 0 Å². The lowest BCUT2D eigenvalue weighted by Crippen LogP contribution is -2.21. The lowest BCUT2D eigenvalue weighted by Gasteiger charge is -2.19. The van der Waals surface area contributed by atoms with Crippen LogP contribution in [0.15, 0.2) is 6.07 Å². The van der Waals surface area contributed by atoms with E-state index < -0.39 is 0 Å². The summed E-state index contributed by atoms with van der Waals surface area (Å²) in [5, 5.41) is 3.49. The van der Waals surface area contributed by atoms with E-state index in [1.54, 1.807) is 0 Å². The van der Waals surface area contributed by atoms with Crippen molar-refractivity contribution in [2.45, 2.75) is 67.0 Å². The quantitative estimate of drug-likeness (QED) is 0.780.